The van der Waals surface area contributed by atoms with Crippen molar-refractivity contribution in [3.8, 4) is 0 Å². The number of likely N-dealkylation sites (tertiary alicyclic amines) is 1. The van der Waals surface area contributed by atoms with Crippen molar-refractivity contribution < 1.29 is 13.2 Å². The van der Waals surface area contributed by atoms with Gasteiger partial charge in [-0.15, -0.1) is 0 Å². The van der Waals surface area contributed by atoms with Crippen molar-refractivity contribution in [3.63, 3.8) is 0 Å². The van der Waals surface area contributed by atoms with E-state index >= 15 is 0 Å². The molecule has 0 aliphatic carbocycles. The van der Waals surface area contributed by atoms with Gasteiger partial charge in [0.1, 0.15) is 0 Å². The molecule has 1 aliphatic heterocycles. The summed E-state index contributed by atoms with van der Waals surface area (Å²) in [6.45, 7) is 1.30. The zero-order valence-electron chi connectivity index (χ0n) is 15.6. The number of hydrogen-bond acceptors (Lipinski definition) is 4. The second-order valence-corrected chi connectivity index (χ2v) is 9.76. The van der Waals surface area contributed by atoms with Gasteiger partial charge in [0.05, 0.1) is 16.5 Å². The Balaban J connectivity index is 1.43. The summed E-state index contributed by atoms with van der Waals surface area (Å²) in [5.41, 5.74) is 1.62. The lowest BCUT2D eigenvalue weighted by Crippen LogP contribution is -2.32. The quantitative estimate of drug-likeness (QED) is 0.624. The molecule has 2 heterocycles. The SMILES string of the molecule is O=C(c1ccc(Cn2ccnc2)cc1)N1CC[C@@H](S(=O)(=O)c2ccc(Cl)cc2)C1. The fourth-order valence-corrected chi connectivity index (χ4v) is 5.33. The third kappa shape index (κ3) is 4.21. The number of nitrogens with zero attached hydrogens (tertiary/aromatic N) is 3. The van der Waals surface area contributed by atoms with Gasteiger partial charge in [-0.05, 0) is 48.4 Å². The Bertz CT molecular complexity index is 1100. The molecule has 0 spiro atoms. The Morgan fingerprint density at radius 3 is 2.48 bits per heavy atom. The fourth-order valence-electron chi connectivity index (χ4n) is 3.51. The lowest BCUT2D eigenvalue weighted by Gasteiger charge is -2.17. The van der Waals surface area contributed by atoms with Crippen LogP contribution in [0.4, 0.5) is 0 Å². The van der Waals surface area contributed by atoms with Crippen molar-refractivity contribution >= 4 is 27.3 Å². The average Bonchev–Trinajstić information content (AvgIpc) is 3.41. The summed E-state index contributed by atoms with van der Waals surface area (Å²) in [5, 5.41) is -0.114. The van der Waals surface area contributed by atoms with Crippen LogP contribution >= 0.6 is 11.6 Å². The highest BCUT2D eigenvalue weighted by atomic mass is 35.5. The monoisotopic (exact) mass is 429 g/mol. The minimum absolute atomic E-state index is 0.145. The summed E-state index contributed by atoms with van der Waals surface area (Å²) in [6, 6.07) is 13.6. The topological polar surface area (TPSA) is 72.3 Å². The molecule has 1 saturated heterocycles. The summed E-state index contributed by atoms with van der Waals surface area (Å²) < 4.78 is 27.7. The van der Waals surface area contributed by atoms with Gasteiger partial charge in [0.2, 0.25) is 0 Å². The summed E-state index contributed by atoms with van der Waals surface area (Å²) in [4.78, 5) is 18.7. The highest BCUT2D eigenvalue weighted by molar-refractivity contribution is 7.92. The van der Waals surface area contributed by atoms with Crippen molar-refractivity contribution in [2.45, 2.75) is 23.1 Å². The smallest absolute Gasteiger partial charge is 0.253 e. The fraction of sp³-hybridized carbons (Fsp3) is 0.238. The standard InChI is InChI=1S/C21H20ClN3O3S/c22-18-5-7-19(8-6-18)29(27,28)20-9-11-25(14-20)21(26)17-3-1-16(2-4-17)13-24-12-10-23-15-24/h1-8,10,12,15,20H,9,11,13-14H2/t20-/m1/s1. The number of carbonyl (C=O) groups is 1. The second kappa shape index (κ2) is 8.00. The molecule has 1 amide bonds. The Hall–Kier alpha value is -2.64. The van der Waals surface area contributed by atoms with Crippen LogP contribution in [0.5, 0.6) is 0 Å². The molecule has 29 heavy (non-hydrogen) atoms. The van der Waals surface area contributed by atoms with Crippen LogP contribution in [0.1, 0.15) is 22.3 Å². The number of carbonyl (C=O) groups excluding carboxylic acids is 1. The first-order valence-corrected chi connectivity index (χ1v) is 11.2. The Morgan fingerprint density at radius 2 is 1.83 bits per heavy atom. The van der Waals surface area contributed by atoms with Crippen molar-refractivity contribution in [1.29, 1.82) is 0 Å². The Morgan fingerprint density at radius 1 is 1.10 bits per heavy atom. The molecule has 0 unspecified atom stereocenters. The maximum Gasteiger partial charge on any atom is 0.253 e. The van der Waals surface area contributed by atoms with E-state index in [1.165, 1.54) is 12.1 Å². The predicted molar refractivity (Wildman–Crippen MR) is 111 cm³/mol. The van der Waals surface area contributed by atoms with Crippen LogP contribution in [0, 0.1) is 0 Å². The van der Waals surface area contributed by atoms with E-state index in [1.54, 1.807) is 41.7 Å². The van der Waals surface area contributed by atoms with Gasteiger partial charge in [0.25, 0.3) is 5.91 Å². The molecule has 8 heteroatoms. The Labute approximate surface area is 174 Å². The lowest BCUT2D eigenvalue weighted by atomic mass is 10.1. The summed E-state index contributed by atoms with van der Waals surface area (Å²) in [5.74, 6) is -0.145. The third-order valence-electron chi connectivity index (χ3n) is 5.14. The van der Waals surface area contributed by atoms with Crippen LogP contribution in [0.3, 0.4) is 0 Å². The lowest BCUT2D eigenvalue weighted by molar-refractivity contribution is 0.0793. The van der Waals surface area contributed by atoms with Gasteiger partial charge < -0.3 is 9.47 Å². The highest BCUT2D eigenvalue weighted by Crippen LogP contribution is 2.26. The van der Waals surface area contributed by atoms with E-state index in [1.807, 2.05) is 22.9 Å². The van der Waals surface area contributed by atoms with Crippen molar-refractivity contribution in [2.24, 2.45) is 0 Å². The zero-order chi connectivity index (χ0) is 20.4. The first-order valence-electron chi connectivity index (χ1n) is 9.27. The molecule has 2 aromatic carbocycles. The maximum atomic E-state index is 12.9. The zero-order valence-corrected chi connectivity index (χ0v) is 17.2. The molecule has 0 N–H and O–H groups in total. The minimum atomic E-state index is -3.50. The van der Waals surface area contributed by atoms with Gasteiger partial charge in [-0.3, -0.25) is 4.79 Å². The number of rotatable bonds is 5. The van der Waals surface area contributed by atoms with Gasteiger partial charge in [-0.1, -0.05) is 23.7 Å². The van der Waals surface area contributed by atoms with E-state index in [0.29, 0.717) is 30.1 Å². The van der Waals surface area contributed by atoms with Crippen LogP contribution in [0.15, 0.2) is 72.1 Å². The van der Waals surface area contributed by atoms with E-state index in [4.69, 9.17) is 11.6 Å². The van der Waals surface area contributed by atoms with Gasteiger partial charge in [0.15, 0.2) is 9.84 Å². The van der Waals surface area contributed by atoms with Crippen LogP contribution in [0.2, 0.25) is 5.02 Å². The number of amides is 1. The predicted octanol–water partition coefficient (Wildman–Crippen LogP) is 3.27. The molecule has 0 bridgehead atoms. The molecular formula is C21H20ClN3O3S. The van der Waals surface area contributed by atoms with Gasteiger partial charge in [-0.2, -0.15) is 0 Å². The van der Waals surface area contributed by atoms with Gasteiger partial charge >= 0.3 is 0 Å². The number of halogens is 1. The normalized spacial score (nSPS) is 16.9. The second-order valence-electron chi connectivity index (χ2n) is 7.09. The molecule has 4 rings (SSSR count). The van der Waals surface area contributed by atoms with Crippen molar-refractivity contribution in [1.82, 2.24) is 14.5 Å². The summed E-state index contributed by atoms with van der Waals surface area (Å²) in [7, 11) is -3.50. The molecule has 1 aromatic heterocycles. The van der Waals surface area contributed by atoms with Crippen LogP contribution in [-0.4, -0.2) is 47.1 Å². The Kier molecular flexibility index (Phi) is 5.43. The molecule has 1 aliphatic rings. The maximum absolute atomic E-state index is 12.9. The number of benzene rings is 2. The van der Waals surface area contributed by atoms with E-state index in [0.717, 1.165) is 5.56 Å². The number of hydrogen-bond donors (Lipinski definition) is 0. The van der Waals surface area contributed by atoms with E-state index in [2.05, 4.69) is 4.98 Å². The van der Waals surface area contributed by atoms with E-state index in [9.17, 15) is 13.2 Å². The summed E-state index contributed by atoms with van der Waals surface area (Å²) >= 11 is 5.85. The van der Waals surface area contributed by atoms with E-state index < -0.39 is 15.1 Å². The molecule has 150 valence electrons. The van der Waals surface area contributed by atoms with Crippen molar-refractivity contribution in [3.05, 3.63) is 83.4 Å². The van der Waals surface area contributed by atoms with Gasteiger partial charge in [0, 0.05) is 42.6 Å². The summed E-state index contributed by atoms with van der Waals surface area (Å²) in [6.07, 6.45) is 5.77. The number of sulfone groups is 1. The first kappa shape index (κ1) is 19.7. The molecular weight excluding hydrogens is 410 g/mol. The van der Waals surface area contributed by atoms with E-state index in [-0.39, 0.29) is 17.3 Å². The van der Waals surface area contributed by atoms with Crippen LogP contribution < -0.4 is 0 Å². The van der Waals surface area contributed by atoms with Crippen molar-refractivity contribution in [2.75, 3.05) is 13.1 Å². The third-order valence-corrected chi connectivity index (χ3v) is 7.58. The average molecular weight is 430 g/mol. The van der Waals surface area contributed by atoms with Crippen LogP contribution in [-0.2, 0) is 16.4 Å². The largest absolute Gasteiger partial charge is 0.337 e. The molecule has 1 atom stereocenters. The van der Waals surface area contributed by atoms with Crippen LogP contribution in [0.25, 0.3) is 0 Å². The first-order chi connectivity index (χ1) is 13.9. The molecule has 0 radical (unpaired) electrons. The minimum Gasteiger partial charge on any atom is -0.337 e. The molecule has 1 fully saturated rings. The number of aromatic nitrogens is 2. The molecule has 0 saturated carbocycles. The van der Waals surface area contributed by atoms with Gasteiger partial charge in [-0.25, -0.2) is 13.4 Å². The molecule has 6 nitrogen and oxygen atoms in total. The number of imidazole rings is 1. The highest BCUT2D eigenvalue weighted by Gasteiger charge is 2.36. The molecule has 3 aromatic rings.